The van der Waals surface area contributed by atoms with E-state index in [-0.39, 0.29) is 6.61 Å². The van der Waals surface area contributed by atoms with Crippen molar-refractivity contribution in [1.29, 1.82) is 0 Å². The minimum absolute atomic E-state index is 0.122. The SMILES string of the molecule is CCN(C=CC=O)CCO. The highest BCUT2D eigenvalue weighted by molar-refractivity contribution is 5.64. The number of carbonyl (C=O) groups is 1. The largest absolute Gasteiger partial charge is 0.395 e. The van der Waals surface area contributed by atoms with E-state index in [9.17, 15) is 4.79 Å². The fraction of sp³-hybridized carbons (Fsp3) is 0.571. The van der Waals surface area contributed by atoms with E-state index in [1.807, 2.05) is 11.8 Å². The summed E-state index contributed by atoms with van der Waals surface area (Å²) in [6, 6.07) is 0. The van der Waals surface area contributed by atoms with Crippen LogP contribution < -0.4 is 0 Å². The molecule has 0 radical (unpaired) electrons. The van der Waals surface area contributed by atoms with Crippen molar-refractivity contribution in [2.45, 2.75) is 6.92 Å². The van der Waals surface area contributed by atoms with Gasteiger partial charge in [0, 0.05) is 19.3 Å². The molecule has 58 valence electrons. The van der Waals surface area contributed by atoms with Crippen LogP contribution in [0.3, 0.4) is 0 Å². The second-order valence-electron chi connectivity index (χ2n) is 1.83. The molecule has 0 aliphatic carbocycles. The highest BCUT2D eigenvalue weighted by Gasteiger charge is 1.90. The Bertz CT molecular complexity index is 112. The molecule has 0 aliphatic rings. The molecular weight excluding hydrogens is 130 g/mol. The highest BCUT2D eigenvalue weighted by atomic mass is 16.3. The van der Waals surface area contributed by atoms with Crippen molar-refractivity contribution < 1.29 is 9.90 Å². The molecule has 0 aromatic carbocycles. The minimum atomic E-state index is 0.122. The van der Waals surface area contributed by atoms with Crippen LogP contribution in [0.25, 0.3) is 0 Å². The molecule has 0 bridgehead atoms. The standard InChI is InChI=1S/C7H13NO2/c1-2-8(5-7-10)4-3-6-9/h3-4,6,10H,2,5,7H2,1H3. The van der Waals surface area contributed by atoms with Crippen LogP contribution in [0.15, 0.2) is 12.3 Å². The summed E-state index contributed by atoms with van der Waals surface area (Å²) in [4.78, 5) is 11.7. The van der Waals surface area contributed by atoms with Crippen molar-refractivity contribution in [3.05, 3.63) is 12.3 Å². The van der Waals surface area contributed by atoms with Gasteiger partial charge < -0.3 is 10.0 Å². The summed E-state index contributed by atoms with van der Waals surface area (Å²) in [7, 11) is 0. The van der Waals surface area contributed by atoms with Crippen LogP contribution in [0.1, 0.15) is 6.92 Å². The Morgan fingerprint density at radius 2 is 2.30 bits per heavy atom. The average Bonchev–Trinajstić information content (AvgIpc) is 1.98. The predicted octanol–water partition coefficient (Wildman–Crippen LogP) is 0.0132. The summed E-state index contributed by atoms with van der Waals surface area (Å²) in [5, 5.41) is 8.50. The van der Waals surface area contributed by atoms with Gasteiger partial charge in [-0.05, 0) is 13.0 Å². The van der Waals surface area contributed by atoms with Crippen LogP contribution in [-0.4, -0.2) is 36.0 Å². The van der Waals surface area contributed by atoms with E-state index in [1.54, 1.807) is 6.20 Å². The number of hydrogen-bond donors (Lipinski definition) is 1. The molecule has 10 heavy (non-hydrogen) atoms. The first kappa shape index (κ1) is 9.17. The van der Waals surface area contributed by atoms with Gasteiger partial charge in [-0.25, -0.2) is 0 Å². The van der Waals surface area contributed by atoms with Crippen LogP contribution in [0.5, 0.6) is 0 Å². The number of rotatable bonds is 5. The molecule has 0 amide bonds. The molecule has 0 aromatic rings. The highest BCUT2D eigenvalue weighted by Crippen LogP contribution is 1.86. The molecule has 0 aromatic heterocycles. The summed E-state index contributed by atoms with van der Waals surface area (Å²) in [6.45, 7) is 3.48. The van der Waals surface area contributed by atoms with Crippen LogP contribution in [0, 0.1) is 0 Å². The van der Waals surface area contributed by atoms with Crippen molar-refractivity contribution in [3.63, 3.8) is 0 Å². The van der Waals surface area contributed by atoms with Gasteiger partial charge in [0.1, 0.15) is 6.29 Å². The maximum Gasteiger partial charge on any atom is 0.144 e. The van der Waals surface area contributed by atoms with Gasteiger partial charge in [-0.1, -0.05) is 0 Å². The second kappa shape index (κ2) is 6.29. The topological polar surface area (TPSA) is 40.5 Å². The molecule has 0 atom stereocenters. The number of nitrogens with zero attached hydrogens (tertiary/aromatic N) is 1. The number of allylic oxidation sites excluding steroid dienone is 1. The monoisotopic (exact) mass is 143 g/mol. The van der Waals surface area contributed by atoms with Crippen LogP contribution in [-0.2, 0) is 4.79 Å². The van der Waals surface area contributed by atoms with E-state index >= 15 is 0 Å². The molecule has 0 aliphatic heterocycles. The molecule has 0 saturated heterocycles. The first-order valence-corrected chi connectivity index (χ1v) is 3.32. The van der Waals surface area contributed by atoms with Gasteiger partial charge >= 0.3 is 0 Å². The van der Waals surface area contributed by atoms with Gasteiger partial charge in [0.15, 0.2) is 0 Å². The van der Waals surface area contributed by atoms with E-state index < -0.39 is 0 Å². The van der Waals surface area contributed by atoms with E-state index in [1.165, 1.54) is 6.08 Å². The molecule has 0 saturated carbocycles. The molecule has 0 fully saturated rings. The second-order valence-corrected chi connectivity index (χ2v) is 1.83. The van der Waals surface area contributed by atoms with Crippen LogP contribution in [0.2, 0.25) is 0 Å². The summed E-state index contributed by atoms with van der Waals surface area (Å²) in [5.41, 5.74) is 0. The van der Waals surface area contributed by atoms with Gasteiger partial charge in [0.05, 0.1) is 6.61 Å². The molecule has 3 nitrogen and oxygen atoms in total. The first-order valence-electron chi connectivity index (χ1n) is 3.32. The molecule has 0 spiro atoms. The Balaban J connectivity index is 3.58. The summed E-state index contributed by atoms with van der Waals surface area (Å²) in [5.74, 6) is 0. The minimum Gasteiger partial charge on any atom is -0.395 e. The third kappa shape index (κ3) is 4.09. The number of likely N-dealkylation sites (N-methyl/N-ethyl adjacent to an activating group) is 1. The van der Waals surface area contributed by atoms with E-state index in [2.05, 4.69) is 0 Å². The lowest BCUT2D eigenvalue weighted by Crippen LogP contribution is -2.20. The van der Waals surface area contributed by atoms with Crippen molar-refractivity contribution in [1.82, 2.24) is 4.90 Å². The fourth-order valence-electron chi connectivity index (χ4n) is 0.623. The number of hydrogen-bond acceptors (Lipinski definition) is 3. The third-order valence-electron chi connectivity index (χ3n) is 1.17. The van der Waals surface area contributed by atoms with Crippen molar-refractivity contribution in [2.75, 3.05) is 19.7 Å². The molecule has 1 N–H and O–H groups in total. The first-order chi connectivity index (χ1) is 4.85. The molecule has 0 heterocycles. The molecule has 0 rings (SSSR count). The van der Waals surface area contributed by atoms with Gasteiger partial charge in [-0.3, -0.25) is 4.79 Å². The lowest BCUT2D eigenvalue weighted by molar-refractivity contribution is -0.104. The average molecular weight is 143 g/mol. The Labute approximate surface area is 61.0 Å². The van der Waals surface area contributed by atoms with Gasteiger partial charge in [-0.15, -0.1) is 0 Å². The predicted molar refractivity (Wildman–Crippen MR) is 39.5 cm³/mol. The van der Waals surface area contributed by atoms with Gasteiger partial charge in [-0.2, -0.15) is 0 Å². The zero-order chi connectivity index (χ0) is 7.82. The van der Waals surface area contributed by atoms with Gasteiger partial charge in [0.25, 0.3) is 0 Å². The summed E-state index contributed by atoms with van der Waals surface area (Å²) >= 11 is 0. The Hall–Kier alpha value is -0.830. The summed E-state index contributed by atoms with van der Waals surface area (Å²) < 4.78 is 0. The lowest BCUT2D eigenvalue weighted by Gasteiger charge is -2.15. The number of aldehydes is 1. The fourth-order valence-corrected chi connectivity index (χ4v) is 0.623. The molecule has 0 unspecified atom stereocenters. The van der Waals surface area contributed by atoms with E-state index in [4.69, 9.17) is 5.11 Å². The molecule has 3 heteroatoms. The Kier molecular flexibility index (Phi) is 5.77. The van der Waals surface area contributed by atoms with E-state index in [0.717, 1.165) is 12.8 Å². The third-order valence-corrected chi connectivity index (χ3v) is 1.17. The number of aliphatic hydroxyl groups is 1. The number of carbonyl (C=O) groups excluding carboxylic acids is 1. The lowest BCUT2D eigenvalue weighted by atomic mass is 10.5. The summed E-state index contributed by atoms with van der Waals surface area (Å²) in [6.07, 6.45) is 3.81. The maximum atomic E-state index is 9.85. The normalized spacial score (nSPS) is 10.2. The molecular formula is C7H13NO2. The maximum absolute atomic E-state index is 9.85. The van der Waals surface area contributed by atoms with Gasteiger partial charge in [0.2, 0.25) is 0 Å². The smallest absolute Gasteiger partial charge is 0.144 e. The van der Waals surface area contributed by atoms with Crippen molar-refractivity contribution in [3.8, 4) is 0 Å². The zero-order valence-electron chi connectivity index (χ0n) is 6.16. The number of aliphatic hydroxyl groups excluding tert-OH is 1. The van der Waals surface area contributed by atoms with Crippen molar-refractivity contribution >= 4 is 6.29 Å². The Morgan fingerprint density at radius 3 is 2.70 bits per heavy atom. The Morgan fingerprint density at radius 1 is 1.60 bits per heavy atom. The van der Waals surface area contributed by atoms with E-state index in [0.29, 0.717) is 6.54 Å². The van der Waals surface area contributed by atoms with Crippen molar-refractivity contribution in [2.24, 2.45) is 0 Å². The quantitative estimate of drug-likeness (QED) is 0.435. The zero-order valence-corrected chi connectivity index (χ0v) is 6.16. The van der Waals surface area contributed by atoms with Crippen LogP contribution >= 0.6 is 0 Å². The van der Waals surface area contributed by atoms with Crippen LogP contribution in [0.4, 0.5) is 0 Å².